The maximum Gasteiger partial charge on any atom is 0.280 e. The van der Waals surface area contributed by atoms with E-state index in [9.17, 15) is 25.2 Å². The summed E-state index contributed by atoms with van der Waals surface area (Å²) in [4.78, 5) is 22.7. The molecule has 13 nitrogen and oxygen atoms in total. The summed E-state index contributed by atoms with van der Waals surface area (Å²) in [6, 6.07) is 6.48. The van der Waals surface area contributed by atoms with Crippen LogP contribution in [0.2, 0.25) is 0 Å². The number of nitrogens with zero attached hydrogens (tertiary/aromatic N) is 4. The van der Waals surface area contributed by atoms with Gasteiger partial charge in [-0.3, -0.25) is 14.3 Å². The van der Waals surface area contributed by atoms with Gasteiger partial charge in [0.05, 0.1) is 12.8 Å². The van der Waals surface area contributed by atoms with Crippen LogP contribution in [0.5, 0.6) is 5.75 Å². The molecular formula is C17H19N7O6. The zero-order chi connectivity index (χ0) is 21.4. The maximum absolute atomic E-state index is 12.2. The number of rotatable bonds is 5. The van der Waals surface area contributed by atoms with Crippen LogP contribution < -0.4 is 16.7 Å². The average Bonchev–Trinajstić information content (AvgIpc) is 3.21. The second-order valence-electron chi connectivity index (χ2n) is 6.59. The number of benzene rings is 1. The Kier molecular flexibility index (Phi) is 5.09. The van der Waals surface area contributed by atoms with E-state index in [4.69, 9.17) is 10.5 Å². The van der Waals surface area contributed by atoms with E-state index < -0.39 is 36.7 Å². The standard InChI is InChI=1S/C17H19N7O6/c18-16-21-13-10(14(29)22-16)20-17(23-19-5-7-3-1-2-4-8(7)26)24(13)15-12(28)11(27)9(6-25)30-15/h1-5,9,11-12,15,25-28H,6H2,(H,20,23)(H3,18,21,22,29). The first kappa shape index (κ1) is 19.8. The SMILES string of the molecule is Nc1nc2c(nc(NN=Cc3ccccc3O)n2C2OC(CO)C(O)C2O)c(=O)[nH]1. The number of aromatic nitrogens is 4. The highest BCUT2D eigenvalue weighted by molar-refractivity contribution is 5.84. The minimum Gasteiger partial charge on any atom is -0.507 e. The third-order valence-corrected chi connectivity index (χ3v) is 4.65. The molecule has 3 aromatic rings. The number of aliphatic hydroxyl groups is 3. The quantitative estimate of drug-likeness (QED) is 0.188. The normalized spacial score (nSPS) is 24.1. The number of para-hydroxylation sites is 1. The van der Waals surface area contributed by atoms with Crippen LogP contribution in [-0.4, -0.2) is 71.1 Å². The van der Waals surface area contributed by atoms with Crippen molar-refractivity contribution in [2.45, 2.75) is 24.5 Å². The number of phenolic OH excluding ortho intramolecular Hbond substituents is 1. The molecule has 30 heavy (non-hydrogen) atoms. The van der Waals surface area contributed by atoms with Crippen LogP contribution >= 0.6 is 0 Å². The molecule has 0 saturated carbocycles. The highest BCUT2D eigenvalue weighted by atomic mass is 16.6. The van der Waals surface area contributed by atoms with Crippen molar-refractivity contribution in [2.75, 3.05) is 17.8 Å². The topological polar surface area (TPSA) is 204 Å². The van der Waals surface area contributed by atoms with Crippen molar-refractivity contribution in [2.24, 2.45) is 5.10 Å². The van der Waals surface area contributed by atoms with E-state index in [2.05, 4.69) is 25.5 Å². The molecule has 0 amide bonds. The van der Waals surface area contributed by atoms with Gasteiger partial charge in [0.25, 0.3) is 5.56 Å². The van der Waals surface area contributed by atoms with Crippen molar-refractivity contribution in [3.63, 3.8) is 0 Å². The van der Waals surface area contributed by atoms with Gasteiger partial charge in [-0.2, -0.15) is 10.1 Å². The van der Waals surface area contributed by atoms with E-state index in [1.165, 1.54) is 16.8 Å². The van der Waals surface area contributed by atoms with Crippen LogP contribution in [0.1, 0.15) is 11.8 Å². The number of phenols is 1. The number of nitrogens with two attached hydrogens (primary N) is 1. The fourth-order valence-electron chi connectivity index (χ4n) is 3.17. The number of nitrogen functional groups attached to an aromatic ring is 1. The minimum atomic E-state index is -1.45. The summed E-state index contributed by atoms with van der Waals surface area (Å²) < 4.78 is 6.75. The third kappa shape index (κ3) is 3.35. The van der Waals surface area contributed by atoms with E-state index >= 15 is 0 Å². The molecule has 4 atom stereocenters. The summed E-state index contributed by atoms with van der Waals surface area (Å²) in [5, 5.41) is 43.7. The van der Waals surface area contributed by atoms with Gasteiger partial charge < -0.3 is 30.9 Å². The van der Waals surface area contributed by atoms with Crippen LogP contribution in [0.4, 0.5) is 11.9 Å². The molecule has 8 N–H and O–H groups in total. The number of hydrogen-bond acceptors (Lipinski definition) is 11. The van der Waals surface area contributed by atoms with Gasteiger partial charge in [0, 0.05) is 5.56 Å². The van der Waals surface area contributed by atoms with Gasteiger partial charge in [-0.05, 0) is 12.1 Å². The smallest absolute Gasteiger partial charge is 0.280 e. The number of hydrogen-bond donors (Lipinski definition) is 7. The largest absolute Gasteiger partial charge is 0.507 e. The van der Waals surface area contributed by atoms with Crippen LogP contribution in [0.3, 0.4) is 0 Å². The second kappa shape index (κ2) is 7.72. The molecule has 13 heteroatoms. The van der Waals surface area contributed by atoms with Crippen molar-refractivity contribution in [3.8, 4) is 5.75 Å². The van der Waals surface area contributed by atoms with Crippen molar-refractivity contribution in [3.05, 3.63) is 40.2 Å². The summed E-state index contributed by atoms with van der Waals surface area (Å²) in [5.74, 6) is -0.231. The molecule has 4 rings (SSSR count). The molecular weight excluding hydrogens is 398 g/mol. The Morgan fingerprint density at radius 1 is 1.30 bits per heavy atom. The minimum absolute atomic E-state index is 0.00546. The Labute approximate surface area is 168 Å². The molecule has 1 saturated heterocycles. The van der Waals surface area contributed by atoms with Crippen molar-refractivity contribution in [1.82, 2.24) is 19.5 Å². The first-order valence-electron chi connectivity index (χ1n) is 8.88. The van der Waals surface area contributed by atoms with Gasteiger partial charge in [-0.15, -0.1) is 0 Å². The lowest BCUT2D eigenvalue weighted by atomic mass is 10.1. The lowest BCUT2D eigenvalue weighted by Gasteiger charge is -2.18. The van der Waals surface area contributed by atoms with Crippen LogP contribution in [0.15, 0.2) is 34.2 Å². The lowest BCUT2D eigenvalue weighted by molar-refractivity contribution is -0.0501. The van der Waals surface area contributed by atoms with Gasteiger partial charge in [-0.25, -0.2) is 10.4 Å². The molecule has 158 valence electrons. The van der Waals surface area contributed by atoms with Crippen LogP contribution in [-0.2, 0) is 4.74 Å². The van der Waals surface area contributed by atoms with E-state index in [1.54, 1.807) is 18.2 Å². The first-order chi connectivity index (χ1) is 14.4. The number of ether oxygens (including phenoxy) is 1. The van der Waals surface area contributed by atoms with E-state index in [0.29, 0.717) is 5.56 Å². The number of aromatic amines is 1. The predicted molar refractivity (Wildman–Crippen MR) is 105 cm³/mol. The molecule has 0 bridgehead atoms. The average molecular weight is 417 g/mol. The van der Waals surface area contributed by atoms with Gasteiger partial charge in [0.15, 0.2) is 17.4 Å². The molecule has 0 radical (unpaired) electrons. The van der Waals surface area contributed by atoms with Crippen LogP contribution in [0, 0.1) is 0 Å². The van der Waals surface area contributed by atoms with Crippen molar-refractivity contribution >= 4 is 29.3 Å². The van der Waals surface area contributed by atoms with Gasteiger partial charge >= 0.3 is 0 Å². The number of anilines is 2. The summed E-state index contributed by atoms with van der Waals surface area (Å²) in [6.07, 6.45) is -3.81. The summed E-state index contributed by atoms with van der Waals surface area (Å²) in [6.45, 7) is -0.536. The highest BCUT2D eigenvalue weighted by Gasteiger charge is 2.45. The first-order valence-corrected chi connectivity index (χ1v) is 8.88. The molecule has 4 unspecified atom stereocenters. The van der Waals surface area contributed by atoms with Gasteiger partial charge in [0.1, 0.15) is 24.1 Å². The Hall–Kier alpha value is -3.52. The van der Waals surface area contributed by atoms with E-state index in [0.717, 1.165) is 0 Å². The number of nitrogens with one attached hydrogen (secondary N) is 2. The predicted octanol–water partition coefficient (Wildman–Crippen LogP) is -1.54. The molecule has 0 aliphatic carbocycles. The Morgan fingerprint density at radius 3 is 2.77 bits per heavy atom. The summed E-state index contributed by atoms with van der Waals surface area (Å²) >= 11 is 0. The molecule has 2 aromatic heterocycles. The summed E-state index contributed by atoms with van der Waals surface area (Å²) in [7, 11) is 0. The Balaban J connectivity index is 1.77. The molecule has 1 aliphatic heterocycles. The number of aromatic hydroxyl groups is 1. The Morgan fingerprint density at radius 2 is 2.07 bits per heavy atom. The monoisotopic (exact) mass is 417 g/mol. The lowest BCUT2D eigenvalue weighted by Crippen LogP contribution is -2.33. The number of hydrazone groups is 1. The summed E-state index contributed by atoms with van der Waals surface area (Å²) in [5.41, 5.74) is 7.90. The number of aliphatic hydroxyl groups excluding tert-OH is 3. The Bertz CT molecular complexity index is 1160. The maximum atomic E-state index is 12.2. The molecule has 1 aromatic carbocycles. The van der Waals surface area contributed by atoms with Crippen molar-refractivity contribution < 1.29 is 25.2 Å². The van der Waals surface area contributed by atoms with E-state index in [-0.39, 0.29) is 28.8 Å². The zero-order valence-electron chi connectivity index (χ0n) is 15.4. The van der Waals surface area contributed by atoms with Crippen molar-refractivity contribution in [1.29, 1.82) is 0 Å². The van der Waals surface area contributed by atoms with Crippen LogP contribution in [0.25, 0.3) is 11.2 Å². The zero-order valence-corrected chi connectivity index (χ0v) is 15.4. The molecule has 1 aliphatic rings. The molecule has 1 fully saturated rings. The second-order valence-corrected chi connectivity index (χ2v) is 6.59. The van der Waals surface area contributed by atoms with Gasteiger partial charge in [-0.1, -0.05) is 12.1 Å². The fourth-order valence-corrected chi connectivity index (χ4v) is 3.17. The van der Waals surface area contributed by atoms with E-state index in [1.807, 2.05) is 0 Å². The number of imidazole rings is 1. The third-order valence-electron chi connectivity index (χ3n) is 4.65. The molecule has 3 heterocycles. The van der Waals surface area contributed by atoms with Gasteiger partial charge in [0.2, 0.25) is 11.9 Å². The highest BCUT2D eigenvalue weighted by Crippen LogP contribution is 2.33. The number of H-pyrrole nitrogens is 1. The molecule has 0 spiro atoms. The number of fused-ring (bicyclic) bond motifs is 1. The fraction of sp³-hybridized carbons (Fsp3) is 0.294.